The molecule has 1 aliphatic rings. The van der Waals surface area contributed by atoms with Gasteiger partial charge >= 0.3 is 0 Å². The monoisotopic (exact) mass is 362 g/mol. The van der Waals surface area contributed by atoms with E-state index in [1.807, 2.05) is 30.3 Å². The first-order valence-electron chi connectivity index (χ1n) is 8.64. The summed E-state index contributed by atoms with van der Waals surface area (Å²) in [4.78, 5) is 12.7. The number of hydrogen-bond acceptors (Lipinski definition) is 5. The van der Waals surface area contributed by atoms with Crippen molar-refractivity contribution in [3.05, 3.63) is 82.9 Å². The summed E-state index contributed by atoms with van der Waals surface area (Å²) in [7, 11) is 0. The highest BCUT2D eigenvalue weighted by molar-refractivity contribution is 6.03. The summed E-state index contributed by atoms with van der Waals surface area (Å²) in [5.74, 6) is -0.515. The molecule has 0 spiro atoms. The van der Waals surface area contributed by atoms with Crippen LogP contribution in [-0.2, 0) is 6.42 Å². The third-order valence-corrected chi connectivity index (χ3v) is 4.80. The van der Waals surface area contributed by atoms with Gasteiger partial charge in [-0.15, -0.1) is 0 Å². The normalized spacial score (nSPS) is 15.9. The van der Waals surface area contributed by atoms with Gasteiger partial charge in [0, 0.05) is 18.1 Å². The SMILES string of the molecule is O=C1C[C@H](c2ccccc2)Oc2cc(O)c(Cc3ccccc3O)c(O)c21. The number of phenolic OH excluding ortho intramolecular Hbond substituents is 3. The molecule has 1 aliphatic heterocycles. The Morgan fingerprint density at radius 2 is 1.63 bits per heavy atom. The Morgan fingerprint density at radius 3 is 2.37 bits per heavy atom. The number of carbonyl (C=O) groups is 1. The number of aromatic hydroxyl groups is 3. The largest absolute Gasteiger partial charge is 0.508 e. The second-order valence-electron chi connectivity index (χ2n) is 6.55. The average Bonchev–Trinajstić information content (AvgIpc) is 2.66. The maximum Gasteiger partial charge on any atom is 0.174 e. The molecule has 0 unspecified atom stereocenters. The van der Waals surface area contributed by atoms with Crippen molar-refractivity contribution >= 4 is 5.78 Å². The van der Waals surface area contributed by atoms with Crippen LogP contribution < -0.4 is 4.74 Å². The molecule has 1 atom stereocenters. The van der Waals surface area contributed by atoms with E-state index >= 15 is 0 Å². The number of benzene rings is 3. The van der Waals surface area contributed by atoms with E-state index in [1.54, 1.807) is 18.2 Å². The van der Waals surface area contributed by atoms with E-state index < -0.39 is 6.10 Å². The van der Waals surface area contributed by atoms with Gasteiger partial charge in [0.1, 0.15) is 34.7 Å². The molecule has 5 heteroatoms. The number of carbonyl (C=O) groups excluding carboxylic acids is 1. The Kier molecular flexibility index (Phi) is 4.20. The lowest BCUT2D eigenvalue weighted by atomic mass is 9.92. The van der Waals surface area contributed by atoms with Gasteiger partial charge in [0.05, 0.1) is 6.42 Å². The van der Waals surface area contributed by atoms with Crippen molar-refractivity contribution in [2.45, 2.75) is 18.9 Å². The van der Waals surface area contributed by atoms with E-state index in [0.717, 1.165) is 5.56 Å². The quantitative estimate of drug-likeness (QED) is 0.653. The first kappa shape index (κ1) is 17.0. The smallest absolute Gasteiger partial charge is 0.174 e. The van der Waals surface area contributed by atoms with Crippen molar-refractivity contribution in [1.82, 2.24) is 0 Å². The summed E-state index contributed by atoms with van der Waals surface area (Å²) in [6.07, 6.45) is -0.271. The standard InChI is InChI=1S/C22H18O5/c23-16-9-5-4-8-14(16)10-15-17(24)11-20-21(22(15)26)18(25)12-19(27-20)13-6-2-1-3-7-13/h1-9,11,19,23-24,26H,10,12H2/t19-/m1/s1. The third-order valence-electron chi connectivity index (χ3n) is 4.80. The molecule has 1 heterocycles. The van der Waals surface area contributed by atoms with Crippen LogP contribution in [0, 0.1) is 0 Å². The molecule has 0 amide bonds. The van der Waals surface area contributed by atoms with Crippen LogP contribution in [0.3, 0.4) is 0 Å². The van der Waals surface area contributed by atoms with E-state index in [0.29, 0.717) is 5.56 Å². The van der Waals surface area contributed by atoms with Crippen LogP contribution in [0.1, 0.15) is 39.6 Å². The van der Waals surface area contributed by atoms with Crippen LogP contribution in [0.2, 0.25) is 0 Å². The Labute approximate surface area is 156 Å². The lowest BCUT2D eigenvalue weighted by Crippen LogP contribution is -2.21. The van der Waals surface area contributed by atoms with Crippen molar-refractivity contribution in [2.24, 2.45) is 0 Å². The molecule has 0 radical (unpaired) electrons. The highest BCUT2D eigenvalue weighted by Gasteiger charge is 2.32. The number of Topliss-reactive ketones (excluding diaryl/α,β-unsaturated/α-hetero) is 1. The van der Waals surface area contributed by atoms with Crippen LogP contribution in [0.25, 0.3) is 0 Å². The van der Waals surface area contributed by atoms with Gasteiger partial charge in [-0.25, -0.2) is 0 Å². The van der Waals surface area contributed by atoms with E-state index in [2.05, 4.69) is 0 Å². The Hall–Kier alpha value is -3.47. The first-order valence-corrected chi connectivity index (χ1v) is 8.64. The first-order chi connectivity index (χ1) is 13.0. The van der Waals surface area contributed by atoms with Crippen LogP contribution in [-0.4, -0.2) is 21.1 Å². The molecule has 27 heavy (non-hydrogen) atoms. The number of ether oxygens (including phenoxy) is 1. The zero-order valence-electron chi connectivity index (χ0n) is 14.4. The zero-order valence-corrected chi connectivity index (χ0v) is 14.4. The number of hydrogen-bond donors (Lipinski definition) is 3. The molecular weight excluding hydrogens is 344 g/mol. The van der Waals surface area contributed by atoms with Crippen molar-refractivity contribution in [3.8, 4) is 23.0 Å². The minimum Gasteiger partial charge on any atom is -0.508 e. The Balaban J connectivity index is 1.73. The van der Waals surface area contributed by atoms with Crippen molar-refractivity contribution in [1.29, 1.82) is 0 Å². The van der Waals surface area contributed by atoms with Crippen LogP contribution in [0.5, 0.6) is 23.0 Å². The third kappa shape index (κ3) is 3.08. The molecule has 5 nitrogen and oxygen atoms in total. The van der Waals surface area contributed by atoms with E-state index in [-0.39, 0.29) is 52.7 Å². The molecule has 3 aromatic rings. The van der Waals surface area contributed by atoms with Gasteiger partial charge in [0.2, 0.25) is 0 Å². The van der Waals surface area contributed by atoms with E-state index in [1.165, 1.54) is 12.1 Å². The van der Waals surface area contributed by atoms with Gasteiger partial charge in [-0.1, -0.05) is 48.5 Å². The second-order valence-corrected chi connectivity index (χ2v) is 6.55. The van der Waals surface area contributed by atoms with Crippen LogP contribution in [0.15, 0.2) is 60.7 Å². The average molecular weight is 362 g/mol. The maximum absolute atomic E-state index is 12.7. The number of phenols is 3. The minimum absolute atomic E-state index is 0.0562. The molecule has 3 aromatic carbocycles. The molecular formula is C22H18O5. The number of fused-ring (bicyclic) bond motifs is 1. The lowest BCUT2D eigenvalue weighted by molar-refractivity contribution is 0.0844. The van der Waals surface area contributed by atoms with Gasteiger partial charge in [0.15, 0.2) is 5.78 Å². The van der Waals surface area contributed by atoms with E-state index in [4.69, 9.17) is 4.74 Å². The highest BCUT2D eigenvalue weighted by Crippen LogP contribution is 2.45. The molecule has 136 valence electrons. The van der Waals surface area contributed by atoms with Crippen molar-refractivity contribution in [3.63, 3.8) is 0 Å². The van der Waals surface area contributed by atoms with Gasteiger partial charge in [0.25, 0.3) is 0 Å². The molecule has 0 aliphatic carbocycles. The predicted octanol–water partition coefficient (Wildman–Crippen LogP) is 4.10. The fourth-order valence-corrected chi connectivity index (χ4v) is 3.38. The van der Waals surface area contributed by atoms with Gasteiger partial charge in [-0.2, -0.15) is 0 Å². The van der Waals surface area contributed by atoms with Crippen LogP contribution in [0.4, 0.5) is 0 Å². The Morgan fingerprint density at radius 1 is 0.926 bits per heavy atom. The molecule has 0 saturated carbocycles. The van der Waals surface area contributed by atoms with Gasteiger partial charge in [-0.3, -0.25) is 4.79 Å². The Bertz CT molecular complexity index is 1010. The fourth-order valence-electron chi connectivity index (χ4n) is 3.38. The maximum atomic E-state index is 12.7. The van der Waals surface area contributed by atoms with Gasteiger partial charge in [-0.05, 0) is 17.2 Å². The number of rotatable bonds is 3. The summed E-state index contributed by atoms with van der Waals surface area (Å²) in [5, 5.41) is 31.0. The molecule has 3 N–H and O–H groups in total. The summed E-state index contributed by atoms with van der Waals surface area (Å²) in [6.45, 7) is 0. The predicted molar refractivity (Wildman–Crippen MR) is 99.4 cm³/mol. The summed E-state index contributed by atoms with van der Waals surface area (Å²) < 4.78 is 5.89. The second kappa shape index (κ2) is 6.68. The summed E-state index contributed by atoms with van der Waals surface area (Å²) in [6, 6.07) is 17.4. The molecule has 0 aromatic heterocycles. The highest BCUT2D eigenvalue weighted by atomic mass is 16.5. The van der Waals surface area contributed by atoms with Crippen molar-refractivity contribution < 1.29 is 24.9 Å². The summed E-state index contributed by atoms with van der Waals surface area (Å²) in [5.41, 5.74) is 1.65. The molecule has 0 saturated heterocycles. The fraction of sp³-hybridized carbons (Fsp3) is 0.136. The van der Waals surface area contributed by atoms with Gasteiger partial charge < -0.3 is 20.1 Å². The lowest BCUT2D eigenvalue weighted by Gasteiger charge is -2.27. The molecule has 4 rings (SSSR count). The molecule has 0 fully saturated rings. The molecule has 0 bridgehead atoms. The number of ketones is 1. The van der Waals surface area contributed by atoms with Crippen LogP contribution >= 0.6 is 0 Å². The van der Waals surface area contributed by atoms with Crippen molar-refractivity contribution in [2.75, 3.05) is 0 Å². The van der Waals surface area contributed by atoms with E-state index in [9.17, 15) is 20.1 Å². The zero-order chi connectivity index (χ0) is 19.0. The summed E-state index contributed by atoms with van der Waals surface area (Å²) >= 11 is 0. The number of para-hydroxylation sites is 1. The minimum atomic E-state index is -0.464. The topological polar surface area (TPSA) is 87.0 Å².